The maximum atomic E-state index is 13.1. The zero-order chi connectivity index (χ0) is 23.8. The summed E-state index contributed by atoms with van der Waals surface area (Å²) in [6, 6.07) is 15.9. The van der Waals surface area contributed by atoms with Crippen molar-refractivity contribution in [3.63, 3.8) is 0 Å². The molecular formula is C24H30BN3O5. The number of aromatic nitrogens is 1. The van der Waals surface area contributed by atoms with Gasteiger partial charge in [-0.25, -0.2) is 4.79 Å². The second-order valence-electron chi connectivity index (χ2n) is 8.48. The molecule has 0 saturated heterocycles. The summed E-state index contributed by atoms with van der Waals surface area (Å²) in [6.45, 7) is 3.91. The average Bonchev–Trinajstić information content (AvgIpc) is 3.20. The van der Waals surface area contributed by atoms with Crippen LogP contribution in [0.4, 0.5) is 4.79 Å². The van der Waals surface area contributed by atoms with E-state index in [1.54, 1.807) is 6.20 Å². The number of hydrogen-bond donors (Lipinski definition) is 5. The minimum absolute atomic E-state index is 0.0689. The summed E-state index contributed by atoms with van der Waals surface area (Å²) in [4.78, 5) is 28.8. The zero-order valence-corrected chi connectivity index (χ0v) is 18.8. The molecule has 2 aromatic carbocycles. The SMILES string of the molecule is CC(C)C[C@H](NC(=O)[C@H](Cc1c[nH]c2ccccc12)NC(=O)OCc1ccccc1)B(O)O. The van der Waals surface area contributed by atoms with Crippen molar-refractivity contribution < 1.29 is 24.4 Å². The lowest BCUT2D eigenvalue weighted by Gasteiger charge is -2.24. The van der Waals surface area contributed by atoms with E-state index in [2.05, 4.69) is 15.6 Å². The van der Waals surface area contributed by atoms with E-state index in [0.717, 1.165) is 22.0 Å². The first-order valence-electron chi connectivity index (χ1n) is 11.0. The standard InChI is InChI=1S/C24H30BN3O5/c1-16(2)12-22(25(31)32)28-23(29)21(13-18-14-26-20-11-7-6-10-19(18)20)27-24(30)33-15-17-8-4-3-5-9-17/h3-11,14,16,21-22,26,31-32H,12-13,15H2,1-2H3,(H,27,30)(H,28,29)/t21-,22-/m0/s1. The van der Waals surface area contributed by atoms with Gasteiger partial charge in [0, 0.05) is 23.5 Å². The summed E-state index contributed by atoms with van der Waals surface area (Å²) in [5.74, 6) is -1.24. The minimum Gasteiger partial charge on any atom is -0.445 e. The molecule has 0 radical (unpaired) electrons. The largest absolute Gasteiger partial charge is 0.475 e. The van der Waals surface area contributed by atoms with Gasteiger partial charge < -0.3 is 30.4 Å². The Balaban J connectivity index is 1.74. The number of carbonyl (C=O) groups is 2. The van der Waals surface area contributed by atoms with E-state index in [1.165, 1.54) is 0 Å². The van der Waals surface area contributed by atoms with Crippen LogP contribution in [0.1, 0.15) is 31.4 Å². The summed E-state index contributed by atoms with van der Waals surface area (Å²) in [6.07, 6.45) is 1.64. The van der Waals surface area contributed by atoms with Gasteiger partial charge in [0.15, 0.2) is 0 Å². The monoisotopic (exact) mass is 451 g/mol. The van der Waals surface area contributed by atoms with Gasteiger partial charge in [-0.1, -0.05) is 62.4 Å². The lowest BCUT2D eigenvalue weighted by atomic mass is 9.75. The smallest absolute Gasteiger partial charge is 0.445 e. The van der Waals surface area contributed by atoms with E-state index < -0.39 is 31.1 Å². The van der Waals surface area contributed by atoms with Crippen molar-refractivity contribution in [2.24, 2.45) is 5.92 Å². The van der Waals surface area contributed by atoms with Gasteiger partial charge in [0.05, 0.1) is 5.94 Å². The highest BCUT2D eigenvalue weighted by Crippen LogP contribution is 2.19. The number of rotatable bonds is 10. The Kier molecular flexibility index (Phi) is 8.51. The predicted octanol–water partition coefficient (Wildman–Crippen LogP) is 2.55. The number of hydrogen-bond acceptors (Lipinski definition) is 5. The minimum atomic E-state index is -1.71. The summed E-state index contributed by atoms with van der Waals surface area (Å²) in [5.41, 5.74) is 2.59. The number of benzene rings is 2. The van der Waals surface area contributed by atoms with E-state index in [-0.39, 0.29) is 18.9 Å². The highest BCUT2D eigenvalue weighted by Gasteiger charge is 2.30. The third-order valence-electron chi connectivity index (χ3n) is 5.33. The Labute approximate surface area is 193 Å². The van der Waals surface area contributed by atoms with E-state index in [0.29, 0.717) is 6.42 Å². The van der Waals surface area contributed by atoms with Crippen molar-refractivity contribution >= 4 is 30.0 Å². The summed E-state index contributed by atoms with van der Waals surface area (Å²) < 4.78 is 5.30. The van der Waals surface area contributed by atoms with Crippen LogP contribution >= 0.6 is 0 Å². The molecule has 0 saturated carbocycles. The fraction of sp³-hybridized carbons (Fsp3) is 0.333. The second kappa shape index (κ2) is 11.5. The highest BCUT2D eigenvalue weighted by atomic mass is 16.5. The van der Waals surface area contributed by atoms with Crippen molar-refractivity contribution in [3.05, 3.63) is 71.9 Å². The first-order valence-corrected chi connectivity index (χ1v) is 11.0. The molecule has 3 aromatic rings. The molecule has 0 aliphatic rings. The molecule has 2 atom stereocenters. The van der Waals surface area contributed by atoms with Crippen molar-refractivity contribution in [1.82, 2.24) is 15.6 Å². The molecule has 1 aromatic heterocycles. The van der Waals surface area contributed by atoms with Crippen LogP contribution in [0.25, 0.3) is 10.9 Å². The number of alkyl carbamates (subject to hydrolysis) is 1. The topological polar surface area (TPSA) is 124 Å². The van der Waals surface area contributed by atoms with Crippen molar-refractivity contribution in [2.45, 2.75) is 45.3 Å². The molecule has 8 nitrogen and oxygen atoms in total. The first-order chi connectivity index (χ1) is 15.8. The van der Waals surface area contributed by atoms with Gasteiger partial charge in [-0.15, -0.1) is 0 Å². The summed E-state index contributed by atoms with van der Waals surface area (Å²) in [7, 11) is -1.71. The normalized spacial score (nSPS) is 12.9. The van der Waals surface area contributed by atoms with Gasteiger partial charge in [0.25, 0.3) is 0 Å². The average molecular weight is 451 g/mol. The quantitative estimate of drug-likeness (QED) is 0.303. The van der Waals surface area contributed by atoms with Gasteiger partial charge in [0.1, 0.15) is 12.6 Å². The maximum Gasteiger partial charge on any atom is 0.475 e. The van der Waals surface area contributed by atoms with Gasteiger partial charge in [-0.05, 0) is 29.5 Å². The second-order valence-corrected chi connectivity index (χ2v) is 8.48. The summed E-state index contributed by atoms with van der Waals surface area (Å²) in [5, 5.41) is 25.7. The predicted molar refractivity (Wildman–Crippen MR) is 127 cm³/mol. The van der Waals surface area contributed by atoms with Crippen LogP contribution in [-0.2, 0) is 22.6 Å². The lowest BCUT2D eigenvalue weighted by Crippen LogP contribution is -2.55. The molecule has 9 heteroatoms. The van der Waals surface area contributed by atoms with Crippen LogP contribution in [0.3, 0.4) is 0 Å². The first kappa shape index (κ1) is 24.3. The number of H-pyrrole nitrogens is 1. The third-order valence-corrected chi connectivity index (χ3v) is 5.33. The Hall–Kier alpha value is -3.30. The number of amides is 2. The van der Waals surface area contributed by atoms with Gasteiger partial charge >= 0.3 is 13.2 Å². The number of aromatic amines is 1. The maximum absolute atomic E-state index is 13.1. The van der Waals surface area contributed by atoms with Crippen LogP contribution in [0.5, 0.6) is 0 Å². The Bertz CT molecular complexity index is 1050. The summed E-state index contributed by atoms with van der Waals surface area (Å²) >= 11 is 0. The van der Waals surface area contributed by atoms with Crippen molar-refractivity contribution in [3.8, 4) is 0 Å². The van der Waals surface area contributed by atoms with Crippen LogP contribution in [0.15, 0.2) is 60.8 Å². The fourth-order valence-corrected chi connectivity index (χ4v) is 3.68. The number of para-hydroxylation sites is 1. The number of fused-ring (bicyclic) bond motifs is 1. The Morgan fingerprint density at radius 1 is 1.03 bits per heavy atom. The van der Waals surface area contributed by atoms with Crippen LogP contribution in [0.2, 0.25) is 0 Å². The number of carbonyl (C=O) groups excluding carboxylic acids is 2. The molecular weight excluding hydrogens is 421 g/mol. The molecule has 0 unspecified atom stereocenters. The molecule has 174 valence electrons. The van der Waals surface area contributed by atoms with Gasteiger partial charge in [-0.2, -0.15) is 0 Å². The van der Waals surface area contributed by atoms with Gasteiger partial charge in [-0.3, -0.25) is 4.79 Å². The fourth-order valence-electron chi connectivity index (χ4n) is 3.68. The van der Waals surface area contributed by atoms with E-state index in [4.69, 9.17) is 4.74 Å². The molecule has 0 bridgehead atoms. The van der Waals surface area contributed by atoms with Crippen molar-refractivity contribution in [2.75, 3.05) is 0 Å². The lowest BCUT2D eigenvalue weighted by molar-refractivity contribution is -0.123. The molecule has 0 fully saturated rings. The van der Waals surface area contributed by atoms with Gasteiger partial charge in [0.2, 0.25) is 5.91 Å². The molecule has 2 amide bonds. The van der Waals surface area contributed by atoms with E-state index >= 15 is 0 Å². The Morgan fingerprint density at radius 3 is 2.42 bits per heavy atom. The molecule has 1 heterocycles. The number of nitrogens with one attached hydrogen (secondary N) is 3. The molecule has 0 spiro atoms. The van der Waals surface area contributed by atoms with E-state index in [1.807, 2.05) is 68.4 Å². The van der Waals surface area contributed by atoms with Crippen LogP contribution < -0.4 is 10.6 Å². The zero-order valence-electron chi connectivity index (χ0n) is 18.8. The molecule has 3 rings (SSSR count). The molecule has 5 N–H and O–H groups in total. The molecule has 0 aliphatic heterocycles. The van der Waals surface area contributed by atoms with Crippen LogP contribution in [-0.4, -0.2) is 46.1 Å². The van der Waals surface area contributed by atoms with Crippen LogP contribution in [0, 0.1) is 5.92 Å². The highest BCUT2D eigenvalue weighted by molar-refractivity contribution is 6.43. The third kappa shape index (κ3) is 7.10. The molecule has 0 aliphatic carbocycles. The van der Waals surface area contributed by atoms with Crippen molar-refractivity contribution in [1.29, 1.82) is 0 Å². The Morgan fingerprint density at radius 2 is 1.73 bits per heavy atom. The number of ether oxygens (including phenoxy) is 1. The molecule has 33 heavy (non-hydrogen) atoms. The van der Waals surface area contributed by atoms with E-state index in [9.17, 15) is 19.6 Å².